The monoisotopic (exact) mass is 107 g/mol. The molecule has 1 aromatic heterocycles. The molecule has 0 bridgehead atoms. The van der Waals surface area contributed by atoms with Crippen molar-refractivity contribution in [3.05, 3.63) is 30.6 Å². The number of nitrogens with zero attached hydrogens (tertiary/aromatic N) is 1. The molecule has 1 rings (SSSR count). The minimum atomic E-state index is 1.00. The average molecular weight is 107 g/mol. The summed E-state index contributed by atoms with van der Waals surface area (Å²) in [6.07, 6.45) is 5.03. The van der Waals surface area contributed by atoms with Gasteiger partial charge in [-0.15, -0.1) is 0 Å². The fraction of sp³-hybridized carbons (Fsp3) is 0.286. The summed E-state index contributed by atoms with van der Waals surface area (Å²) in [6.45, 7) is 3.09. The van der Waals surface area contributed by atoms with Gasteiger partial charge in [-0.2, -0.15) is 4.57 Å². The molecule has 1 aromatic rings. The summed E-state index contributed by atoms with van der Waals surface area (Å²) in [5.74, 6) is 0. The van der Waals surface area contributed by atoms with Crippen molar-refractivity contribution in [3.63, 3.8) is 0 Å². The zero-order chi connectivity index (χ0) is 5.82. The highest BCUT2D eigenvalue weighted by Gasteiger charge is 1.88. The zero-order valence-corrected chi connectivity index (χ0v) is 4.96. The van der Waals surface area contributed by atoms with Gasteiger partial charge >= 0.3 is 0 Å². The topological polar surface area (TPSA) is 3.88 Å². The van der Waals surface area contributed by atoms with E-state index in [1.54, 1.807) is 0 Å². The van der Waals surface area contributed by atoms with Crippen molar-refractivity contribution < 1.29 is 4.57 Å². The van der Waals surface area contributed by atoms with Crippen LogP contribution in [0.1, 0.15) is 6.92 Å². The highest BCUT2D eigenvalue weighted by molar-refractivity contribution is 4.82. The third-order valence-corrected chi connectivity index (χ3v) is 1.05. The summed E-state index contributed by atoms with van der Waals surface area (Å²) < 4.78 is 2.00. The van der Waals surface area contributed by atoms with Gasteiger partial charge in [0.2, 0.25) is 0 Å². The number of rotatable bonds is 1. The van der Waals surface area contributed by atoms with Gasteiger partial charge in [-0.25, -0.2) is 0 Å². The largest absolute Gasteiger partial charge is 0.277 e. The SMILES string of the molecule is CC[n+]1[c]cccc1. The Morgan fingerprint density at radius 1 is 1.50 bits per heavy atom. The van der Waals surface area contributed by atoms with E-state index in [-0.39, 0.29) is 0 Å². The van der Waals surface area contributed by atoms with Gasteiger partial charge in [0, 0.05) is 12.1 Å². The molecule has 1 radical (unpaired) electrons. The molecule has 0 unspecified atom stereocenters. The first-order valence-corrected chi connectivity index (χ1v) is 2.79. The van der Waals surface area contributed by atoms with Crippen LogP contribution in [0.4, 0.5) is 0 Å². The smallest absolute Gasteiger partial charge is 0.193 e. The maximum absolute atomic E-state index is 3.03. The molecule has 1 heteroatoms. The molecule has 0 aromatic carbocycles. The maximum atomic E-state index is 3.03. The van der Waals surface area contributed by atoms with Crippen molar-refractivity contribution >= 4 is 0 Å². The van der Waals surface area contributed by atoms with E-state index in [4.69, 9.17) is 0 Å². The Balaban J connectivity index is 2.83. The first-order valence-electron chi connectivity index (χ1n) is 2.79. The van der Waals surface area contributed by atoms with Crippen molar-refractivity contribution in [1.29, 1.82) is 0 Å². The molecule has 0 saturated heterocycles. The van der Waals surface area contributed by atoms with Gasteiger partial charge in [-0.3, -0.25) is 0 Å². The molecule has 0 spiro atoms. The minimum Gasteiger partial charge on any atom is -0.193 e. The summed E-state index contributed by atoms with van der Waals surface area (Å²) in [5, 5.41) is 0. The Morgan fingerprint density at radius 3 is 2.75 bits per heavy atom. The van der Waals surface area contributed by atoms with Gasteiger partial charge in [0.05, 0.1) is 0 Å². The van der Waals surface area contributed by atoms with Crippen LogP contribution in [-0.2, 0) is 6.54 Å². The molecule has 0 aliphatic carbocycles. The number of aryl methyl sites for hydroxylation is 1. The molecule has 41 valence electrons. The lowest BCUT2D eigenvalue weighted by molar-refractivity contribution is -0.697. The maximum Gasteiger partial charge on any atom is 0.277 e. The molecule has 0 aliphatic rings. The minimum absolute atomic E-state index is 1.00. The van der Waals surface area contributed by atoms with Gasteiger partial charge in [0.25, 0.3) is 6.20 Å². The van der Waals surface area contributed by atoms with Crippen LogP contribution in [0.2, 0.25) is 0 Å². The van der Waals surface area contributed by atoms with Gasteiger partial charge < -0.3 is 0 Å². The van der Waals surface area contributed by atoms with Crippen LogP contribution in [0.15, 0.2) is 24.4 Å². The predicted molar refractivity (Wildman–Crippen MR) is 31.1 cm³/mol. The van der Waals surface area contributed by atoms with Crippen LogP contribution >= 0.6 is 0 Å². The van der Waals surface area contributed by atoms with Gasteiger partial charge in [0.1, 0.15) is 6.54 Å². The molecule has 0 atom stereocenters. The second kappa shape index (κ2) is 2.46. The highest BCUT2D eigenvalue weighted by Crippen LogP contribution is 1.73. The molecular weight excluding hydrogens is 98.1 g/mol. The normalized spacial score (nSPS) is 9.12. The fourth-order valence-electron chi connectivity index (χ4n) is 0.588. The lowest BCUT2D eigenvalue weighted by atomic mass is 10.5. The average Bonchev–Trinajstić information content (AvgIpc) is 1.90. The zero-order valence-electron chi connectivity index (χ0n) is 4.96. The van der Waals surface area contributed by atoms with Gasteiger partial charge in [0.15, 0.2) is 6.20 Å². The molecule has 0 aliphatic heterocycles. The van der Waals surface area contributed by atoms with Gasteiger partial charge in [-0.1, -0.05) is 0 Å². The van der Waals surface area contributed by atoms with Crippen molar-refractivity contribution in [2.45, 2.75) is 13.5 Å². The van der Waals surface area contributed by atoms with E-state index in [9.17, 15) is 0 Å². The number of hydrogen-bond acceptors (Lipinski definition) is 0. The third kappa shape index (κ3) is 1.06. The Morgan fingerprint density at radius 2 is 2.38 bits per heavy atom. The molecule has 0 N–H and O–H groups in total. The number of aromatic nitrogens is 1. The summed E-state index contributed by atoms with van der Waals surface area (Å²) in [4.78, 5) is 0. The van der Waals surface area contributed by atoms with E-state index in [0.717, 1.165) is 6.54 Å². The van der Waals surface area contributed by atoms with Crippen molar-refractivity contribution in [3.8, 4) is 0 Å². The van der Waals surface area contributed by atoms with Crippen LogP contribution in [0.5, 0.6) is 0 Å². The predicted octanol–water partition coefficient (Wildman–Crippen LogP) is 0.794. The second-order valence-electron chi connectivity index (χ2n) is 1.62. The second-order valence-corrected chi connectivity index (χ2v) is 1.62. The fourth-order valence-corrected chi connectivity index (χ4v) is 0.588. The Kier molecular flexibility index (Phi) is 1.62. The lowest BCUT2D eigenvalue weighted by Gasteiger charge is -1.83. The molecule has 1 nitrogen and oxygen atoms in total. The molecule has 0 fully saturated rings. The van der Waals surface area contributed by atoms with E-state index < -0.39 is 0 Å². The van der Waals surface area contributed by atoms with E-state index in [1.165, 1.54) is 0 Å². The Bertz CT molecular complexity index is 146. The quantitative estimate of drug-likeness (QED) is 0.467. The van der Waals surface area contributed by atoms with E-state index >= 15 is 0 Å². The van der Waals surface area contributed by atoms with Crippen molar-refractivity contribution in [2.24, 2.45) is 0 Å². The molecule has 0 saturated carbocycles. The van der Waals surface area contributed by atoms with Crippen molar-refractivity contribution in [1.82, 2.24) is 0 Å². The van der Waals surface area contributed by atoms with Crippen LogP contribution in [0, 0.1) is 6.20 Å². The van der Waals surface area contributed by atoms with Crippen LogP contribution in [-0.4, -0.2) is 0 Å². The standard InChI is InChI=1S/C7H9N/c1-2-8-6-4-3-5-7-8/h3-6H,2H2,1H3/q+1. The summed E-state index contributed by atoms with van der Waals surface area (Å²) >= 11 is 0. The number of hydrogen-bond donors (Lipinski definition) is 0. The highest BCUT2D eigenvalue weighted by atomic mass is 14.9. The van der Waals surface area contributed by atoms with E-state index in [1.807, 2.05) is 29.0 Å². The third-order valence-electron chi connectivity index (χ3n) is 1.05. The Hall–Kier alpha value is -0.850. The van der Waals surface area contributed by atoms with Crippen LogP contribution in [0.25, 0.3) is 0 Å². The lowest BCUT2D eigenvalue weighted by Crippen LogP contribution is -2.30. The molecule has 1 heterocycles. The molecule has 0 amide bonds. The first-order chi connectivity index (χ1) is 3.93. The summed E-state index contributed by atoms with van der Waals surface area (Å²) in [7, 11) is 0. The van der Waals surface area contributed by atoms with E-state index in [2.05, 4.69) is 13.1 Å². The first kappa shape index (κ1) is 5.29. The Labute approximate surface area is 49.6 Å². The molecule has 8 heavy (non-hydrogen) atoms. The van der Waals surface area contributed by atoms with Crippen LogP contribution < -0.4 is 4.57 Å². The summed E-state index contributed by atoms with van der Waals surface area (Å²) in [5.41, 5.74) is 0. The van der Waals surface area contributed by atoms with E-state index in [0.29, 0.717) is 0 Å². The summed E-state index contributed by atoms with van der Waals surface area (Å²) in [6, 6.07) is 5.87. The van der Waals surface area contributed by atoms with Gasteiger partial charge in [-0.05, 0) is 13.0 Å². The van der Waals surface area contributed by atoms with Crippen molar-refractivity contribution in [2.75, 3.05) is 0 Å². The van der Waals surface area contributed by atoms with Crippen LogP contribution in [0.3, 0.4) is 0 Å². The number of pyridine rings is 1. The molecular formula is C7H9N+.